The highest BCUT2D eigenvalue weighted by Gasteiger charge is 2.32. The highest BCUT2D eigenvalue weighted by Crippen LogP contribution is 2.31. The standard InChI is InChI=1S/C16H23N3O2/c20-19(21)16-6-2-1-5-14(16)12-18(15-7-8-15)11-13-4-3-9-17-10-13/h1-2,5-6,13,15,17H,3-4,7-12H2. The molecule has 3 rings (SSSR count). The van der Waals surface area contributed by atoms with Gasteiger partial charge in [0, 0.05) is 30.8 Å². The first kappa shape index (κ1) is 14.5. The molecule has 1 saturated carbocycles. The van der Waals surface area contributed by atoms with Crippen molar-refractivity contribution in [2.45, 2.75) is 38.3 Å². The molecule has 0 spiro atoms. The highest BCUT2D eigenvalue weighted by atomic mass is 16.6. The Morgan fingerprint density at radius 1 is 1.29 bits per heavy atom. The molecule has 5 nitrogen and oxygen atoms in total. The van der Waals surface area contributed by atoms with Crippen LogP contribution in [0.25, 0.3) is 0 Å². The van der Waals surface area contributed by atoms with Crippen molar-refractivity contribution in [3.8, 4) is 0 Å². The van der Waals surface area contributed by atoms with Crippen molar-refractivity contribution in [2.24, 2.45) is 5.92 Å². The van der Waals surface area contributed by atoms with Gasteiger partial charge in [-0.15, -0.1) is 0 Å². The molecule has 1 saturated heterocycles. The maximum atomic E-state index is 11.2. The Kier molecular flexibility index (Phi) is 4.51. The first-order valence-corrected chi connectivity index (χ1v) is 7.91. The second kappa shape index (κ2) is 6.54. The maximum Gasteiger partial charge on any atom is 0.273 e. The van der Waals surface area contributed by atoms with Crippen molar-refractivity contribution in [1.29, 1.82) is 0 Å². The topological polar surface area (TPSA) is 58.4 Å². The van der Waals surface area contributed by atoms with Gasteiger partial charge in [-0.05, 0) is 44.7 Å². The van der Waals surface area contributed by atoms with Gasteiger partial charge in [-0.2, -0.15) is 0 Å². The SMILES string of the molecule is O=[N+]([O-])c1ccccc1CN(CC1CCCNC1)C1CC1. The van der Waals surface area contributed by atoms with Crippen molar-refractivity contribution in [2.75, 3.05) is 19.6 Å². The van der Waals surface area contributed by atoms with E-state index in [1.807, 2.05) is 12.1 Å². The molecular weight excluding hydrogens is 266 g/mol. The Morgan fingerprint density at radius 2 is 2.10 bits per heavy atom. The first-order valence-electron chi connectivity index (χ1n) is 7.91. The van der Waals surface area contributed by atoms with Crippen LogP contribution in [0.1, 0.15) is 31.2 Å². The average Bonchev–Trinajstić information content (AvgIpc) is 3.33. The molecule has 1 atom stereocenters. The third-order valence-electron chi connectivity index (χ3n) is 4.52. The van der Waals surface area contributed by atoms with Crippen LogP contribution in [0.15, 0.2) is 24.3 Å². The molecule has 1 aliphatic carbocycles. The van der Waals surface area contributed by atoms with E-state index in [2.05, 4.69) is 10.2 Å². The van der Waals surface area contributed by atoms with E-state index in [-0.39, 0.29) is 10.6 Å². The van der Waals surface area contributed by atoms with Crippen LogP contribution in [-0.2, 0) is 6.54 Å². The van der Waals surface area contributed by atoms with Crippen LogP contribution >= 0.6 is 0 Å². The molecule has 21 heavy (non-hydrogen) atoms. The van der Waals surface area contributed by atoms with Crippen molar-refractivity contribution >= 4 is 5.69 Å². The lowest BCUT2D eigenvalue weighted by Crippen LogP contribution is -2.39. The van der Waals surface area contributed by atoms with E-state index in [4.69, 9.17) is 0 Å². The molecule has 1 heterocycles. The zero-order valence-corrected chi connectivity index (χ0v) is 12.3. The number of hydrogen-bond donors (Lipinski definition) is 1. The van der Waals surface area contributed by atoms with Crippen molar-refractivity contribution in [3.63, 3.8) is 0 Å². The minimum Gasteiger partial charge on any atom is -0.316 e. The van der Waals surface area contributed by atoms with Crippen molar-refractivity contribution in [3.05, 3.63) is 39.9 Å². The highest BCUT2D eigenvalue weighted by molar-refractivity contribution is 5.39. The first-order chi connectivity index (χ1) is 10.2. The van der Waals surface area contributed by atoms with Gasteiger partial charge in [0.2, 0.25) is 0 Å². The summed E-state index contributed by atoms with van der Waals surface area (Å²) in [6.45, 7) is 3.98. The van der Waals surface area contributed by atoms with Crippen LogP contribution in [-0.4, -0.2) is 35.5 Å². The van der Waals surface area contributed by atoms with E-state index in [0.717, 1.165) is 25.2 Å². The second-order valence-electron chi connectivity index (χ2n) is 6.26. The van der Waals surface area contributed by atoms with E-state index in [9.17, 15) is 10.1 Å². The van der Waals surface area contributed by atoms with E-state index >= 15 is 0 Å². The molecule has 0 aromatic heterocycles. The zero-order chi connectivity index (χ0) is 14.7. The fourth-order valence-corrected chi connectivity index (χ4v) is 3.24. The number of hydrogen-bond acceptors (Lipinski definition) is 4. The molecule has 114 valence electrons. The smallest absolute Gasteiger partial charge is 0.273 e. The number of nitro benzene ring substituents is 1. The summed E-state index contributed by atoms with van der Waals surface area (Å²) in [4.78, 5) is 13.4. The Balaban J connectivity index is 1.69. The van der Waals surface area contributed by atoms with Crippen molar-refractivity contribution in [1.82, 2.24) is 10.2 Å². The Bertz CT molecular complexity index is 496. The normalized spacial score (nSPS) is 22.4. The van der Waals surface area contributed by atoms with E-state index in [1.54, 1.807) is 12.1 Å². The van der Waals surface area contributed by atoms with Gasteiger partial charge in [0.05, 0.1) is 4.92 Å². The molecule has 0 bridgehead atoms. The van der Waals surface area contributed by atoms with Gasteiger partial charge in [0.25, 0.3) is 5.69 Å². The summed E-state index contributed by atoms with van der Waals surface area (Å²) in [5.41, 5.74) is 1.10. The summed E-state index contributed by atoms with van der Waals surface area (Å²) in [5, 5.41) is 14.6. The van der Waals surface area contributed by atoms with Gasteiger partial charge in [-0.1, -0.05) is 18.2 Å². The predicted molar refractivity (Wildman–Crippen MR) is 82.1 cm³/mol. The third-order valence-corrected chi connectivity index (χ3v) is 4.52. The number of nitro groups is 1. The van der Waals surface area contributed by atoms with E-state index in [0.29, 0.717) is 18.5 Å². The number of piperidine rings is 1. The van der Waals surface area contributed by atoms with Crippen LogP contribution in [0, 0.1) is 16.0 Å². The summed E-state index contributed by atoms with van der Waals surface area (Å²) in [6, 6.07) is 7.78. The number of rotatable bonds is 6. The van der Waals surface area contributed by atoms with Crippen LogP contribution in [0.2, 0.25) is 0 Å². The molecule has 1 unspecified atom stereocenters. The summed E-state index contributed by atoms with van der Waals surface area (Å²) < 4.78 is 0. The van der Waals surface area contributed by atoms with Gasteiger partial charge in [-0.25, -0.2) is 0 Å². The number of nitrogens with zero attached hydrogens (tertiary/aromatic N) is 2. The molecule has 1 aromatic carbocycles. The Morgan fingerprint density at radius 3 is 2.76 bits per heavy atom. The minimum atomic E-state index is -0.261. The third kappa shape index (κ3) is 3.80. The molecule has 1 aromatic rings. The molecule has 1 aliphatic heterocycles. The molecule has 0 amide bonds. The number of nitrogens with one attached hydrogen (secondary N) is 1. The largest absolute Gasteiger partial charge is 0.316 e. The predicted octanol–water partition coefficient (Wildman–Crippen LogP) is 2.56. The minimum absolute atomic E-state index is 0.255. The van der Waals surface area contributed by atoms with Crippen LogP contribution in [0.3, 0.4) is 0 Å². The fourth-order valence-electron chi connectivity index (χ4n) is 3.24. The van der Waals surface area contributed by atoms with Gasteiger partial charge >= 0.3 is 0 Å². The molecular formula is C16H23N3O2. The molecule has 1 N–H and O–H groups in total. The molecule has 2 fully saturated rings. The van der Waals surface area contributed by atoms with E-state index in [1.165, 1.54) is 25.7 Å². The quantitative estimate of drug-likeness (QED) is 0.646. The van der Waals surface area contributed by atoms with Crippen molar-refractivity contribution < 1.29 is 4.92 Å². The summed E-state index contributed by atoms with van der Waals surface area (Å²) in [6.07, 6.45) is 4.99. The number of para-hydroxylation sites is 1. The van der Waals surface area contributed by atoms with E-state index < -0.39 is 0 Å². The van der Waals surface area contributed by atoms with Gasteiger partial charge in [-0.3, -0.25) is 15.0 Å². The lowest BCUT2D eigenvalue weighted by Gasteiger charge is -2.30. The van der Waals surface area contributed by atoms with Gasteiger partial charge in [0.1, 0.15) is 0 Å². The molecule has 2 aliphatic rings. The molecule has 0 radical (unpaired) electrons. The lowest BCUT2D eigenvalue weighted by molar-refractivity contribution is -0.385. The maximum absolute atomic E-state index is 11.2. The monoisotopic (exact) mass is 289 g/mol. The fraction of sp³-hybridized carbons (Fsp3) is 0.625. The summed E-state index contributed by atoms with van der Waals surface area (Å²) >= 11 is 0. The summed E-state index contributed by atoms with van der Waals surface area (Å²) in [5.74, 6) is 0.683. The Labute approximate surface area is 125 Å². The van der Waals surface area contributed by atoms with Crippen LogP contribution in [0.5, 0.6) is 0 Å². The number of benzene rings is 1. The van der Waals surface area contributed by atoms with Gasteiger partial charge in [0.15, 0.2) is 0 Å². The zero-order valence-electron chi connectivity index (χ0n) is 12.3. The Hall–Kier alpha value is -1.46. The molecule has 5 heteroatoms. The second-order valence-corrected chi connectivity index (χ2v) is 6.26. The van der Waals surface area contributed by atoms with Crippen LogP contribution < -0.4 is 5.32 Å². The lowest BCUT2D eigenvalue weighted by atomic mass is 9.98. The average molecular weight is 289 g/mol. The summed E-state index contributed by atoms with van der Waals surface area (Å²) in [7, 11) is 0. The van der Waals surface area contributed by atoms with Gasteiger partial charge < -0.3 is 5.32 Å². The van der Waals surface area contributed by atoms with Crippen LogP contribution in [0.4, 0.5) is 5.69 Å².